The van der Waals surface area contributed by atoms with Crippen LogP contribution < -0.4 is 0 Å². The first-order valence-corrected chi connectivity index (χ1v) is 6.06. The summed E-state index contributed by atoms with van der Waals surface area (Å²) in [5.74, 6) is -1.67. The SMILES string of the molecule is Cc1c#cc2c(c1)CC=C(CC(=O)C(F)(F)F)CC2. The van der Waals surface area contributed by atoms with Crippen molar-refractivity contribution in [3.8, 4) is 0 Å². The number of rotatable bonds is 2. The van der Waals surface area contributed by atoms with Gasteiger partial charge in [0.15, 0.2) is 0 Å². The van der Waals surface area contributed by atoms with Crippen LogP contribution in [0.25, 0.3) is 0 Å². The molecule has 19 heavy (non-hydrogen) atoms. The molecule has 0 atom stereocenters. The minimum atomic E-state index is -4.74. The largest absolute Gasteiger partial charge is 0.450 e. The molecule has 0 amide bonds. The summed E-state index contributed by atoms with van der Waals surface area (Å²) in [6.45, 7) is 1.90. The molecule has 4 heteroatoms. The number of ketones is 1. The summed E-state index contributed by atoms with van der Waals surface area (Å²) in [6, 6.07) is 7.98. The van der Waals surface area contributed by atoms with E-state index in [1.807, 2.05) is 13.0 Å². The quantitative estimate of drug-likeness (QED) is 0.748. The fourth-order valence-electron chi connectivity index (χ4n) is 2.15. The molecule has 0 radical (unpaired) electrons. The third kappa shape index (κ3) is 3.37. The van der Waals surface area contributed by atoms with Crippen LogP contribution in [0.15, 0.2) is 17.7 Å². The highest BCUT2D eigenvalue weighted by Gasteiger charge is 2.38. The normalized spacial score (nSPS) is 15.1. The summed E-state index contributed by atoms with van der Waals surface area (Å²) in [7, 11) is 0. The number of carbonyl (C=O) groups is 1. The highest BCUT2D eigenvalue weighted by Crippen LogP contribution is 2.25. The lowest BCUT2D eigenvalue weighted by Crippen LogP contribution is -2.22. The summed E-state index contributed by atoms with van der Waals surface area (Å²) in [4.78, 5) is 11.0. The second kappa shape index (κ2) is 5.08. The van der Waals surface area contributed by atoms with Gasteiger partial charge in [0, 0.05) is 12.0 Å². The minimum Gasteiger partial charge on any atom is -0.289 e. The summed E-state index contributed by atoms with van der Waals surface area (Å²) in [6.07, 6.45) is -1.88. The molecule has 0 unspecified atom stereocenters. The average molecular weight is 266 g/mol. The minimum absolute atomic E-state index is 0.474. The molecule has 0 saturated heterocycles. The van der Waals surface area contributed by atoms with Gasteiger partial charge in [-0.05, 0) is 43.4 Å². The van der Waals surface area contributed by atoms with E-state index in [1.54, 1.807) is 6.08 Å². The van der Waals surface area contributed by atoms with Crippen molar-refractivity contribution in [3.05, 3.63) is 46.5 Å². The van der Waals surface area contributed by atoms with Gasteiger partial charge in [-0.1, -0.05) is 23.8 Å². The Labute approximate surface area is 110 Å². The number of alkyl halides is 3. The maximum Gasteiger partial charge on any atom is 0.450 e. The Morgan fingerprint density at radius 2 is 2.05 bits per heavy atom. The van der Waals surface area contributed by atoms with Crippen LogP contribution in [0, 0.1) is 19.1 Å². The third-order valence-electron chi connectivity index (χ3n) is 3.20. The van der Waals surface area contributed by atoms with Gasteiger partial charge in [-0.3, -0.25) is 4.79 Å². The lowest BCUT2D eigenvalue weighted by atomic mass is 10.0. The van der Waals surface area contributed by atoms with Crippen molar-refractivity contribution in [1.29, 1.82) is 0 Å². The predicted octanol–water partition coefficient (Wildman–Crippen LogP) is 3.53. The zero-order valence-corrected chi connectivity index (χ0v) is 10.5. The fraction of sp³-hybridized carbons (Fsp3) is 0.400. The van der Waals surface area contributed by atoms with Crippen LogP contribution in [0.1, 0.15) is 29.5 Å². The van der Waals surface area contributed by atoms with E-state index in [2.05, 4.69) is 12.1 Å². The molecule has 0 aliphatic heterocycles. The molecule has 1 nitrogen and oxygen atoms in total. The second-order valence-corrected chi connectivity index (χ2v) is 4.75. The van der Waals surface area contributed by atoms with Crippen LogP contribution in [0.5, 0.6) is 0 Å². The van der Waals surface area contributed by atoms with E-state index < -0.39 is 18.4 Å². The molecule has 1 aromatic carbocycles. The summed E-state index contributed by atoms with van der Waals surface area (Å²) < 4.78 is 36.7. The van der Waals surface area contributed by atoms with Crippen LogP contribution in [0.4, 0.5) is 13.2 Å². The van der Waals surface area contributed by atoms with Gasteiger partial charge in [0.1, 0.15) is 0 Å². The van der Waals surface area contributed by atoms with Crippen LogP contribution in [-0.2, 0) is 17.6 Å². The van der Waals surface area contributed by atoms with Gasteiger partial charge in [0.05, 0.1) is 0 Å². The van der Waals surface area contributed by atoms with Gasteiger partial charge >= 0.3 is 6.18 Å². The van der Waals surface area contributed by atoms with Crippen LogP contribution in [0.2, 0.25) is 0 Å². The van der Waals surface area contributed by atoms with Crippen molar-refractivity contribution in [1.82, 2.24) is 0 Å². The first-order chi connectivity index (χ1) is 8.86. The Kier molecular flexibility index (Phi) is 3.66. The number of hydrogen-bond donors (Lipinski definition) is 0. The standard InChI is InChI=1S/C15H13F3O/c1-10-2-5-12-6-3-11(4-7-13(12)8-10)9-14(19)15(16,17)18/h4,8H,3,6-7,9H2,1H3. The lowest BCUT2D eigenvalue weighted by Gasteiger charge is -2.07. The van der Waals surface area contributed by atoms with Crippen LogP contribution in [-0.4, -0.2) is 12.0 Å². The molecule has 0 N–H and O–H groups in total. The summed E-state index contributed by atoms with van der Waals surface area (Å²) in [5.41, 5.74) is 3.56. The van der Waals surface area contributed by atoms with Gasteiger partial charge < -0.3 is 0 Å². The van der Waals surface area contributed by atoms with Crippen molar-refractivity contribution in [2.75, 3.05) is 0 Å². The monoisotopic (exact) mass is 266 g/mol. The Morgan fingerprint density at radius 1 is 1.32 bits per heavy atom. The Bertz CT molecular complexity index is 527. The molecule has 1 aromatic rings. The zero-order valence-electron chi connectivity index (χ0n) is 10.5. The third-order valence-corrected chi connectivity index (χ3v) is 3.20. The molecule has 1 aliphatic carbocycles. The number of fused-ring (bicyclic) bond motifs is 1. The highest BCUT2D eigenvalue weighted by atomic mass is 19.4. The molecule has 0 spiro atoms. The maximum absolute atomic E-state index is 12.2. The number of hydrogen-bond acceptors (Lipinski definition) is 1. The lowest BCUT2D eigenvalue weighted by molar-refractivity contribution is -0.170. The first-order valence-electron chi connectivity index (χ1n) is 6.06. The van der Waals surface area contributed by atoms with Crippen LogP contribution in [0.3, 0.4) is 0 Å². The van der Waals surface area contributed by atoms with Crippen molar-refractivity contribution in [2.24, 2.45) is 0 Å². The average Bonchev–Trinajstić information content (AvgIpc) is 2.50. The Morgan fingerprint density at radius 3 is 2.74 bits per heavy atom. The first kappa shape index (κ1) is 13.7. The maximum atomic E-state index is 12.2. The number of aryl methyl sites for hydroxylation is 1. The Hall–Kier alpha value is -1.76. The number of allylic oxidation sites excluding steroid dienone is 2. The molecule has 0 fully saturated rings. The topological polar surface area (TPSA) is 17.1 Å². The number of carbonyl (C=O) groups excluding carboxylic acids is 1. The van der Waals surface area contributed by atoms with E-state index in [4.69, 9.17) is 0 Å². The van der Waals surface area contributed by atoms with Gasteiger partial charge in [-0.25, -0.2) is 0 Å². The van der Waals surface area contributed by atoms with E-state index in [1.165, 1.54) is 0 Å². The predicted molar refractivity (Wildman–Crippen MR) is 64.6 cm³/mol. The summed E-state index contributed by atoms with van der Waals surface area (Å²) >= 11 is 0. The van der Waals surface area contributed by atoms with Gasteiger partial charge in [0.2, 0.25) is 5.78 Å². The Balaban J connectivity index is 2.11. The molecule has 100 valence electrons. The zero-order chi connectivity index (χ0) is 14.0. The van der Waals surface area contributed by atoms with Crippen molar-refractivity contribution >= 4 is 5.78 Å². The molecule has 0 aromatic heterocycles. The van der Waals surface area contributed by atoms with Gasteiger partial charge in [-0.15, -0.1) is 0 Å². The van der Waals surface area contributed by atoms with E-state index >= 15 is 0 Å². The molecule has 2 rings (SSSR count). The molecular formula is C15H13F3O. The summed E-state index contributed by atoms with van der Waals surface area (Å²) in [5, 5.41) is 0. The molecule has 0 heterocycles. The van der Waals surface area contributed by atoms with Crippen molar-refractivity contribution in [3.63, 3.8) is 0 Å². The smallest absolute Gasteiger partial charge is 0.289 e. The van der Waals surface area contributed by atoms with E-state index in [0.29, 0.717) is 24.8 Å². The van der Waals surface area contributed by atoms with E-state index in [-0.39, 0.29) is 0 Å². The number of halogens is 3. The molecular weight excluding hydrogens is 253 g/mol. The highest BCUT2D eigenvalue weighted by molar-refractivity contribution is 5.86. The second-order valence-electron chi connectivity index (χ2n) is 4.75. The fourth-order valence-corrected chi connectivity index (χ4v) is 2.15. The number of Topliss-reactive ketones (excluding diaryl/α,β-unsaturated/α-hetero) is 1. The van der Waals surface area contributed by atoms with Crippen molar-refractivity contribution < 1.29 is 18.0 Å². The van der Waals surface area contributed by atoms with Gasteiger partial charge in [-0.2, -0.15) is 13.2 Å². The van der Waals surface area contributed by atoms with Crippen LogP contribution >= 0.6 is 0 Å². The van der Waals surface area contributed by atoms with Crippen molar-refractivity contribution in [2.45, 2.75) is 38.8 Å². The molecule has 0 saturated carbocycles. The van der Waals surface area contributed by atoms with E-state index in [0.717, 1.165) is 16.7 Å². The van der Waals surface area contributed by atoms with Gasteiger partial charge in [0.25, 0.3) is 0 Å². The molecule has 0 bridgehead atoms. The molecule has 1 aliphatic rings. The van der Waals surface area contributed by atoms with E-state index in [9.17, 15) is 18.0 Å².